The van der Waals surface area contributed by atoms with E-state index in [1.54, 1.807) is 4.52 Å². The van der Waals surface area contributed by atoms with Crippen LogP contribution in [0.5, 0.6) is 0 Å². The summed E-state index contributed by atoms with van der Waals surface area (Å²) >= 11 is 0. The van der Waals surface area contributed by atoms with Crippen molar-refractivity contribution in [2.75, 3.05) is 5.73 Å². The Bertz CT molecular complexity index is 1660. The van der Waals surface area contributed by atoms with Crippen LogP contribution in [0.15, 0.2) is 61.2 Å². The summed E-state index contributed by atoms with van der Waals surface area (Å²) in [4.78, 5) is 28.1. The highest BCUT2D eigenvalue weighted by atomic mass is 16.2. The zero-order chi connectivity index (χ0) is 27.4. The molecule has 0 radical (unpaired) electrons. The molecule has 2 aliphatic rings. The van der Waals surface area contributed by atoms with Gasteiger partial charge in [-0.2, -0.15) is 9.61 Å². The highest BCUT2D eigenvalue weighted by molar-refractivity contribution is 5.91. The van der Waals surface area contributed by atoms with Crippen molar-refractivity contribution in [1.82, 2.24) is 39.7 Å². The molecule has 6 heterocycles. The molecule has 1 aromatic carbocycles. The number of nitrogen functional groups attached to an aromatic ring is 1. The van der Waals surface area contributed by atoms with E-state index in [1.165, 1.54) is 6.33 Å². The van der Waals surface area contributed by atoms with Gasteiger partial charge in [-0.15, -0.1) is 10.2 Å². The molecule has 0 aliphatic carbocycles. The van der Waals surface area contributed by atoms with E-state index in [0.717, 1.165) is 65.0 Å². The second-order valence-corrected chi connectivity index (χ2v) is 11.1. The van der Waals surface area contributed by atoms with Crippen molar-refractivity contribution < 1.29 is 4.79 Å². The van der Waals surface area contributed by atoms with Gasteiger partial charge in [0, 0.05) is 46.5 Å². The number of aromatic nitrogens is 7. The predicted molar refractivity (Wildman–Crippen MR) is 151 cm³/mol. The third kappa shape index (κ3) is 3.93. The van der Waals surface area contributed by atoms with Crippen LogP contribution in [0.25, 0.3) is 28.0 Å². The molecule has 40 heavy (non-hydrogen) atoms. The van der Waals surface area contributed by atoms with Crippen LogP contribution in [-0.2, 0) is 0 Å². The second-order valence-electron chi connectivity index (χ2n) is 11.1. The number of nitrogens with two attached hydrogens (primary N) is 1. The minimum absolute atomic E-state index is 0.0695. The number of hydrogen-bond acceptors (Lipinski definition) is 7. The number of nitrogens with zero attached hydrogens (tertiary/aromatic N) is 7. The summed E-state index contributed by atoms with van der Waals surface area (Å²) in [5, 5.41) is 12.4. The number of piperidine rings is 1. The molecule has 3 N–H and O–H groups in total. The van der Waals surface area contributed by atoms with E-state index < -0.39 is 0 Å². The molecule has 10 heteroatoms. The van der Waals surface area contributed by atoms with Crippen LogP contribution in [0.1, 0.15) is 73.2 Å². The van der Waals surface area contributed by atoms with Gasteiger partial charge in [0.25, 0.3) is 5.91 Å². The van der Waals surface area contributed by atoms with Gasteiger partial charge in [-0.05, 0) is 37.7 Å². The van der Waals surface area contributed by atoms with Crippen molar-refractivity contribution in [1.29, 1.82) is 0 Å². The van der Waals surface area contributed by atoms with E-state index in [9.17, 15) is 4.79 Å². The Labute approximate surface area is 231 Å². The van der Waals surface area contributed by atoms with Crippen LogP contribution in [0, 0.1) is 0 Å². The summed E-state index contributed by atoms with van der Waals surface area (Å²) in [5.74, 6) is 1.24. The average Bonchev–Trinajstić information content (AvgIpc) is 3.71. The van der Waals surface area contributed by atoms with Crippen LogP contribution in [0.2, 0.25) is 0 Å². The van der Waals surface area contributed by atoms with Crippen LogP contribution in [-0.4, -0.2) is 57.7 Å². The van der Waals surface area contributed by atoms with Crippen LogP contribution >= 0.6 is 0 Å². The number of nitrogens with one attached hydrogen (secondary N) is 1. The highest BCUT2D eigenvalue weighted by Gasteiger charge is 2.45. The number of fused-ring (bicyclic) bond motifs is 3. The summed E-state index contributed by atoms with van der Waals surface area (Å²) in [7, 11) is 0. The summed E-state index contributed by atoms with van der Waals surface area (Å²) in [6.07, 6.45) is 8.80. The molecule has 0 saturated carbocycles. The maximum Gasteiger partial charge on any atom is 0.292 e. The SMILES string of the molecule is CC(C)c1c([C@H]2C[C@H]3CC[C@@H](C2)N3C(=O)c2nnc[nH]2)nc2c(-c3ccc(-c4ccccc4)nc3)cnn2c1N. The Morgan fingerprint density at radius 2 is 1.80 bits per heavy atom. The standard InChI is InChI=1S/C30H31N9O/c1-17(2)25-26(20-12-21-9-10-22(13-20)38(21)30(40)28-33-16-34-37-28)36-29-23(15-35-39(29)27(25)31)19-8-11-24(32-14-19)18-6-4-3-5-7-18/h3-8,11,14-17,20-22H,9-10,12-13,31H2,1-2H3,(H,33,34,37)/t20-,21+,22-. The zero-order valence-electron chi connectivity index (χ0n) is 22.5. The van der Waals surface area contributed by atoms with Crippen molar-refractivity contribution in [3.63, 3.8) is 0 Å². The van der Waals surface area contributed by atoms with E-state index >= 15 is 0 Å². The van der Waals surface area contributed by atoms with Crippen LogP contribution < -0.4 is 5.73 Å². The van der Waals surface area contributed by atoms with Gasteiger partial charge < -0.3 is 15.6 Å². The maximum absolute atomic E-state index is 13.2. The van der Waals surface area contributed by atoms with Gasteiger partial charge >= 0.3 is 0 Å². The van der Waals surface area contributed by atoms with Gasteiger partial charge in [-0.3, -0.25) is 9.78 Å². The third-order valence-corrected chi connectivity index (χ3v) is 8.45. The van der Waals surface area contributed by atoms with Gasteiger partial charge in [0.1, 0.15) is 12.1 Å². The lowest BCUT2D eigenvalue weighted by Gasteiger charge is -2.39. The van der Waals surface area contributed by atoms with E-state index in [4.69, 9.17) is 15.7 Å². The number of rotatable bonds is 5. The fourth-order valence-electron chi connectivity index (χ4n) is 6.65. The number of pyridine rings is 1. The number of benzene rings is 1. The highest BCUT2D eigenvalue weighted by Crippen LogP contribution is 2.46. The van der Waals surface area contributed by atoms with E-state index in [0.29, 0.717) is 11.6 Å². The van der Waals surface area contributed by atoms with Crippen molar-refractivity contribution in [3.8, 4) is 22.4 Å². The Balaban J connectivity index is 1.26. The van der Waals surface area contributed by atoms with E-state index in [-0.39, 0.29) is 29.8 Å². The van der Waals surface area contributed by atoms with Gasteiger partial charge in [0.05, 0.1) is 17.6 Å². The summed E-state index contributed by atoms with van der Waals surface area (Å²) in [6, 6.07) is 14.5. The number of carbonyl (C=O) groups is 1. The average molecular weight is 534 g/mol. The Hall–Kier alpha value is -4.60. The first-order chi connectivity index (χ1) is 19.5. The topological polar surface area (TPSA) is 131 Å². The zero-order valence-corrected chi connectivity index (χ0v) is 22.5. The molecule has 10 nitrogen and oxygen atoms in total. The number of anilines is 1. The largest absolute Gasteiger partial charge is 0.383 e. The molecule has 5 aromatic rings. The van der Waals surface area contributed by atoms with Crippen LogP contribution in [0.3, 0.4) is 0 Å². The van der Waals surface area contributed by atoms with Crippen molar-refractivity contribution in [2.24, 2.45) is 0 Å². The lowest BCUT2D eigenvalue weighted by Crippen LogP contribution is -2.46. The fourth-order valence-corrected chi connectivity index (χ4v) is 6.65. The number of aromatic amines is 1. The summed E-state index contributed by atoms with van der Waals surface area (Å²) < 4.78 is 1.76. The Morgan fingerprint density at radius 3 is 2.45 bits per heavy atom. The van der Waals surface area contributed by atoms with Gasteiger partial charge in [0.15, 0.2) is 5.65 Å². The van der Waals surface area contributed by atoms with Crippen molar-refractivity contribution >= 4 is 17.4 Å². The lowest BCUT2D eigenvalue weighted by molar-refractivity contribution is 0.0557. The normalized spacial score (nSPS) is 20.5. The first kappa shape index (κ1) is 24.4. The molecule has 4 aromatic heterocycles. The molecule has 202 valence electrons. The van der Waals surface area contributed by atoms with Crippen LogP contribution in [0.4, 0.5) is 5.82 Å². The number of H-pyrrole nitrogens is 1. The summed E-state index contributed by atoms with van der Waals surface area (Å²) in [6.45, 7) is 4.30. The minimum atomic E-state index is -0.0695. The predicted octanol–water partition coefficient (Wildman–Crippen LogP) is 4.83. The molecule has 2 bridgehead atoms. The Morgan fingerprint density at radius 1 is 1.02 bits per heavy atom. The maximum atomic E-state index is 13.2. The number of hydrogen-bond donors (Lipinski definition) is 2. The number of amides is 1. The third-order valence-electron chi connectivity index (χ3n) is 8.45. The smallest absolute Gasteiger partial charge is 0.292 e. The minimum Gasteiger partial charge on any atom is -0.383 e. The molecule has 3 atom stereocenters. The van der Waals surface area contributed by atoms with Crippen molar-refractivity contribution in [2.45, 2.75) is 63.5 Å². The van der Waals surface area contributed by atoms with E-state index in [1.807, 2.05) is 41.6 Å². The first-order valence-corrected chi connectivity index (χ1v) is 13.9. The molecule has 2 fully saturated rings. The molecule has 0 spiro atoms. The monoisotopic (exact) mass is 533 g/mol. The molecule has 2 saturated heterocycles. The molecule has 1 amide bonds. The fraction of sp³-hybridized carbons (Fsp3) is 0.333. The molecular formula is C30H31N9O. The first-order valence-electron chi connectivity index (χ1n) is 13.9. The molecule has 0 unspecified atom stereocenters. The van der Waals surface area contributed by atoms with Crippen molar-refractivity contribution in [3.05, 3.63) is 78.3 Å². The van der Waals surface area contributed by atoms with E-state index in [2.05, 4.69) is 52.3 Å². The Kier molecular flexibility index (Phi) is 5.83. The van der Waals surface area contributed by atoms with Gasteiger partial charge in [0.2, 0.25) is 5.82 Å². The quantitative estimate of drug-likeness (QED) is 0.331. The molecular weight excluding hydrogens is 502 g/mol. The second kappa shape index (κ2) is 9.55. The van der Waals surface area contributed by atoms with Gasteiger partial charge in [-0.25, -0.2) is 4.98 Å². The summed E-state index contributed by atoms with van der Waals surface area (Å²) in [5.41, 5.74) is 13.4. The number of carbonyl (C=O) groups excluding carboxylic acids is 1. The molecule has 2 aliphatic heterocycles. The molecule has 7 rings (SSSR count). The lowest BCUT2D eigenvalue weighted by atomic mass is 9.83. The van der Waals surface area contributed by atoms with Gasteiger partial charge in [-0.1, -0.05) is 50.2 Å².